The molecule has 0 fully saturated rings. The van der Waals surface area contributed by atoms with Crippen molar-refractivity contribution in [1.29, 1.82) is 0 Å². The quantitative estimate of drug-likeness (QED) is 0.556. The highest BCUT2D eigenvalue weighted by molar-refractivity contribution is 7.46. The predicted molar refractivity (Wildman–Crippen MR) is 56.7 cm³/mol. The van der Waals surface area contributed by atoms with Crippen LogP contribution in [-0.2, 0) is 9.09 Å². The molecule has 0 aromatic carbocycles. The van der Waals surface area contributed by atoms with Crippen molar-refractivity contribution in [1.82, 2.24) is 0 Å². The van der Waals surface area contributed by atoms with Gasteiger partial charge in [-0.2, -0.15) is 13.2 Å². The summed E-state index contributed by atoms with van der Waals surface area (Å²) in [6, 6.07) is 0. The fourth-order valence-corrected chi connectivity index (χ4v) is 2.65. The van der Waals surface area contributed by atoms with Crippen LogP contribution in [0.15, 0.2) is 0 Å². The zero-order chi connectivity index (χ0) is 15.5. The van der Waals surface area contributed by atoms with E-state index in [1.807, 2.05) is 0 Å². The van der Waals surface area contributed by atoms with Crippen LogP contribution in [0.4, 0.5) is 22.0 Å². The van der Waals surface area contributed by atoms with Gasteiger partial charge in [0.05, 0.1) is 0 Å². The Hall–Kier alpha value is -0.240. The molecule has 0 radical (unpaired) electrons. The number of phosphoric ester groups is 1. The minimum absolute atomic E-state index is 0.0126. The molecule has 0 saturated heterocycles. The maximum absolute atomic E-state index is 13.8. The highest BCUT2D eigenvalue weighted by Gasteiger charge is 2.60. The Balaban J connectivity index is 5.49. The summed E-state index contributed by atoms with van der Waals surface area (Å²) in [5, 5.41) is 0. The van der Waals surface area contributed by atoms with Crippen molar-refractivity contribution in [3.63, 3.8) is 0 Å². The van der Waals surface area contributed by atoms with E-state index in [4.69, 9.17) is 9.79 Å². The molecule has 19 heavy (non-hydrogen) atoms. The Morgan fingerprint density at radius 1 is 1.11 bits per heavy atom. The van der Waals surface area contributed by atoms with Crippen LogP contribution in [0, 0.1) is 0 Å². The highest BCUT2D eigenvalue weighted by Crippen LogP contribution is 2.53. The summed E-state index contributed by atoms with van der Waals surface area (Å²) in [5.41, 5.74) is -2.84. The molecule has 10 heteroatoms. The van der Waals surface area contributed by atoms with Crippen LogP contribution in [0.25, 0.3) is 0 Å². The maximum atomic E-state index is 13.8. The van der Waals surface area contributed by atoms with Crippen molar-refractivity contribution < 1.29 is 40.8 Å². The van der Waals surface area contributed by atoms with E-state index in [9.17, 15) is 26.5 Å². The minimum atomic E-state index is -5.34. The van der Waals surface area contributed by atoms with Crippen LogP contribution >= 0.6 is 7.82 Å². The fourth-order valence-electron chi connectivity index (χ4n) is 1.84. The molecule has 1 unspecified atom stereocenters. The normalized spacial score (nSPS) is 17.3. The molecule has 0 amide bonds. The van der Waals surface area contributed by atoms with E-state index in [1.165, 1.54) is 6.92 Å². The van der Waals surface area contributed by atoms with Crippen molar-refractivity contribution >= 4 is 7.82 Å². The maximum Gasteiger partial charge on any atom is 0.470 e. The van der Waals surface area contributed by atoms with Gasteiger partial charge in [-0.25, -0.2) is 13.3 Å². The third kappa shape index (κ3) is 5.72. The standard InChI is InChI=1S/C9H16F5O4P/c1-3-5-7(4-2,18-19(15,16)17)8(10,11)6-9(12,13)14/h3-6H2,1-2H3,(H2,15,16,17). The minimum Gasteiger partial charge on any atom is -0.303 e. The van der Waals surface area contributed by atoms with Gasteiger partial charge in [0.1, 0.15) is 12.0 Å². The zero-order valence-electron chi connectivity index (χ0n) is 10.4. The predicted octanol–water partition coefficient (Wildman–Crippen LogP) is 3.63. The molecule has 0 aromatic rings. The van der Waals surface area contributed by atoms with Crippen molar-refractivity contribution in [2.24, 2.45) is 0 Å². The summed E-state index contributed by atoms with van der Waals surface area (Å²) >= 11 is 0. The topological polar surface area (TPSA) is 66.8 Å². The van der Waals surface area contributed by atoms with Crippen molar-refractivity contribution in [3.8, 4) is 0 Å². The van der Waals surface area contributed by atoms with Gasteiger partial charge in [-0.1, -0.05) is 20.3 Å². The Morgan fingerprint density at radius 2 is 1.58 bits per heavy atom. The lowest BCUT2D eigenvalue weighted by molar-refractivity contribution is -0.245. The summed E-state index contributed by atoms with van der Waals surface area (Å²) in [7, 11) is -5.34. The molecule has 0 spiro atoms. The van der Waals surface area contributed by atoms with Crippen LogP contribution in [0.2, 0.25) is 0 Å². The van der Waals surface area contributed by atoms with E-state index in [0.29, 0.717) is 0 Å². The largest absolute Gasteiger partial charge is 0.470 e. The Labute approximate surface area is 107 Å². The lowest BCUT2D eigenvalue weighted by Gasteiger charge is -2.39. The second-order valence-corrected chi connectivity index (χ2v) is 5.34. The van der Waals surface area contributed by atoms with Crippen LogP contribution in [-0.4, -0.2) is 27.5 Å². The molecule has 1 atom stereocenters. The number of hydrogen-bond donors (Lipinski definition) is 2. The first kappa shape index (κ1) is 18.8. The first-order chi connectivity index (χ1) is 8.29. The Morgan fingerprint density at radius 3 is 1.84 bits per heavy atom. The molecular formula is C9H16F5O4P. The third-order valence-corrected chi connectivity index (χ3v) is 3.19. The van der Waals surface area contributed by atoms with E-state index in [1.54, 1.807) is 0 Å². The molecule has 0 aliphatic rings. The lowest BCUT2D eigenvalue weighted by Crippen LogP contribution is -2.51. The van der Waals surface area contributed by atoms with E-state index < -0.39 is 44.8 Å². The molecule has 2 N–H and O–H groups in total. The molecule has 0 saturated carbocycles. The smallest absolute Gasteiger partial charge is 0.303 e. The summed E-state index contributed by atoms with van der Waals surface area (Å²) in [6.45, 7) is 2.49. The number of alkyl halides is 5. The molecule has 116 valence electrons. The summed E-state index contributed by atoms with van der Waals surface area (Å²) in [6.07, 6.45) is -8.93. The van der Waals surface area contributed by atoms with Gasteiger partial charge in [0.2, 0.25) is 0 Å². The van der Waals surface area contributed by atoms with Gasteiger partial charge in [0.25, 0.3) is 5.92 Å². The van der Waals surface area contributed by atoms with Crippen molar-refractivity contribution in [3.05, 3.63) is 0 Å². The highest BCUT2D eigenvalue weighted by atomic mass is 31.2. The van der Waals surface area contributed by atoms with Gasteiger partial charge in [0.15, 0.2) is 0 Å². The monoisotopic (exact) mass is 314 g/mol. The summed E-state index contributed by atoms with van der Waals surface area (Å²) in [5.74, 6) is -4.43. The number of phosphoric acid groups is 1. The average Bonchev–Trinajstić information content (AvgIpc) is 2.10. The molecular weight excluding hydrogens is 298 g/mol. The van der Waals surface area contributed by atoms with Crippen LogP contribution in [0.3, 0.4) is 0 Å². The number of rotatable bonds is 7. The second kappa shape index (κ2) is 6.03. The molecule has 0 bridgehead atoms. The van der Waals surface area contributed by atoms with E-state index in [2.05, 4.69) is 4.52 Å². The van der Waals surface area contributed by atoms with Gasteiger partial charge in [0, 0.05) is 0 Å². The van der Waals surface area contributed by atoms with Gasteiger partial charge in [-0.15, -0.1) is 0 Å². The SMILES string of the molecule is CCCC(CC)(OP(=O)(O)O)C(F)(F)CC(F)(F)F. The molecule has 0 aliphatic carbocycles. The second-order valence-electron chi connectivity index (χ2n) is 4.18. The molecule has 4 nitrogen and oxygen atoms in total. The molecule has 0 heterocycles. The van der Waals surface area contributed by atoms with E-state index >= 15 is 0 Å². The number of halogens is 5. The Bertz CT molecular complexity index is 340. The zero-order valence-corrected chi connectivity index (χ0v) is 11.3. The van der Waals surface area contributed by atoms with Crippen molar-refractivity contribution in [2.75, 3.05) is 0 Å². The van der Waals surface area contributed by atoms with E-state index in [-0.39, 0.29) is 6.42 Å². The van der Waals surface area contributed by atoms with Crippen LogP contribution < -0.4 is 0 Å². The number of hydrogen-bond acceptors (Lipinski definition) is 2. The summed E-state index contributed by atoms with van der Waals surface area (Å²) in [4.78, 5) is 17.3. The van der Waals surface area contributed by atoms with Gasteiger partial charge < -0.3 is 9.79 Å². The molecule has 0 rings (SSSR count). The van der Waals surface area contributed by atoms with Crippen molar-refractivity contribution in [2.45, 2.75) is 57.2 Å². The third-order valence-electron chi connectivity index (χ3n) is 2.61. The molecule has 0 aliphatic heterocycles. The van der Waals surface area contributed by atoms with Gasteiger partial charge in [-0.05, 0) is 12.8 Å². The first-order valence-corrected chi connectivity index (χ1v) is 7.02. The van der Waals surface area contributed by atoms with Gasteiger partial charge in [-0.3, -0.25) is 4.52 Å². The molecule has 0 aromatic heterocycles. The Kier molecular flexibility index (Phi) is 5.96. The first-order valence-electron chi connectivity index (χ1n) is 5.49. The van der Waals surface area contributed by atoms with Gasteiger partial charge >= 0.3 is 14.0 Å². The fraction of sp³-hybridized carbons (Fsp3) is 1.00. The van der Waals surface area contributed by atoms with E-state index in [0.717, 1.165) is 6.92 Å². The average molecular weight is 314 g/mol. The van der Waals surface area contributed by atoms with Crippen LogP contribution in [0.5, 0.6) is 0 Å². The lowest BCUT2D eigenvalue weighted by atomic mass is 9.86. The van der Waals surface area contributed by atoms with Crippen LogP contribution in [0.1, 0.15) is 39.5 Å². The summed E-state index contributed by atoms with van der Waals surface area (Å²) < 4.78 is 78.8.